The summed E-state index contributed by atoms with van der Waals surface area (Å²) in [5.41, 5.74) is 1.98. The highest BCUT2D eigenvalue weighted by molar-refractivity contribution is 7.98. The Morgan fingerprint density at radius 2 is 1.72 bits per heavy atom. The number of benzene rings is 2. The van der Waals surface area contributed by atoms with Gasteiger partial charge in [-0.1, -0.05) is 52.6 Å². The van der Waals surface area contributed by atoms with Crippen molar-refractivity contribution < 1.29 is 15.1 Å². The van der Waals surface area contributed by atoms with Crippen molar-refractivity contribution in [3.8, 4) is 45.5 Å². The standard InChI is InChI=1S/C21H15Cl3N4O3S/c1-31-16-7-10(3-4-12(16)22)18-19(15-5-6-25-21(26-15)32-2)28(30)20(27-18)17-13(23)8-11(29)9-14(17)24/h3-9,29-30H,1-2H3. The molecule has 2 aromatic carbocycles. The minimum atomic E-state index is -0.108. The number of methoxy groups -OCH3 is 1. The fourth-order valence-electron chi connectivity index (χ4n) is 3.16. The molecule has 0 spiro atoms. The van der Waals surface area contributed by atoms with Gasteiger partial charge in [0.2, 0.25) is 0 Å². The molecule has 0 bridgehead atoms. The topological polar surface area (TPSA) is 93.3 Å². The summed E-state index contributed by atoms with van der Waals surface area (Å²) in [5.74, 6) is 0.406. The van der Waals surface area contributed by atoms with Crippen molar-refractivity contribution in [3.05, 3.63) is 57.7 Å². The van der Waals surface area contributed by atoms with E-state index < -0.39 is 0 Å². The van der Waals surface area contributed by atoms with Gasteiger partial charge in [0, 0.05) is 11.8 Å². The first-order valence-electron chi connectivity index (χ1n) is 9.05. The first kappa shape index (κ1) is 22.5. The van der Waals surface area contributed by atoms with E-state index in [2.05, 4.69) is 15.0 Å². The fraction of sp³-hybridized carbons (Fsp3) is 0.0952. The highest BCUT2D eigenvalue weighted by atomic mass is 35.5. The molecule has 0 unspecified atom stereocenters. The summed E-state index contributed by atoms with van der Waals surface area (Å²) in [4.78, 5) is 13.3. The van der Waals surface area contributed by atoms with Gasteiger partial charge in [0.05, 0.1) is 33.4 Å². The molecule has 0 atom stereocenters. The molecular weight excluding hydrogens is 495 g/mol. The van der Waals surface area contributed by atoms with Gasteiger partial charge in [-0.3, -0.25) is 0 Å². The Hall–Kier alpha value is -2.65. The molecule has 0 radical (unpaired) electrons. The number of ether oxygens (including phenoxy) is 1. The third-order valence-electron chi connectivity index (χ3n) is 4.59. The molecule has 2 N–H and O–H groups in total. The summed E-state index contributed by atoms with van der Waals surface area (Å²) in [7, 11) is 1.51. The van der Waals surface area contributed by atoms with Crippen molar-refractivity contribution in [1.82, 2.24) is 19.7 Å². The van der Waals surface area contributed by atoms with Gasteiger partial charge < -0.3 is 15.1 Å². The van der Waals surface area contributed by atoms with Crippen LogP contribution in [0.5, 0.6) is 11.5 Å². The van der Waals surface area contributed by atoms with Crippen LogP contribution in [0.2, 0.25) is 15.1 Å². The van der Waals surface area contributed by atoms with E-state index in [-0.39, 0.29) is 27.2 Å². The average molecular weight is 510 g/mol. The van der Waals surface area contributed by atoms with Crippen molar-refractivity contribution in [2.75, 3.05) is 13.4 Å². The number of hydrogen-bond donors (Lipinski definition) is 2. The molecule has 4 aromatic rings. The Morgan fingerprint density at radius 1 is 1.00 bits per heavy atom. The molecular formula is C21H15Cl3N4O3S. The van der Waals surface area contributed by atoms with Gasteiger partial charge in [0.25, 0.3) is 0 Å². The Balaban J connectivity index is 2.04. The molecule has 7 nitrogen and oxygen atoms in total. The predicted octanol–water partition coefficient (Wildman–Crippen LogP) is 6.31. The van der Waals surface area contributed by atoms with E-state index in [0.29, 0.717) is 38.6 Å². The Morgan fingerprint density at radius 3 is 2.38 bits per heavy atom. The smallest absolute Gasteiger partial charge is 0.187 e. The zero-order chi connectivity index (χ0) is 23.0. The van der Waals surface area contributed by atoms with Gasteiger partial charge >= 0.3 is 0 Å². The maximum atomic E-state index is 11.2. The minimum absolute atomic E-state index is 0.0724. The third-order valence-corrected chi connectivity index (χ3v) is 6.06. The molecule has 0 aliphatic carbocycles. The summed E-state index contributed by atoms with van der Waals surface area (Å²) in [6, 6.07) is 9.41. The van der Waals surface area contributed by atoms with Crippen LogP contribution in [0.3, 0.4) is 0 Å². The van der Waals surface area contributed by atoms with E-state index in [4.69, 9.17) is 39.5 Å². The molecule has 32 heavy (non-hydrogen) atoms. The van der Waals surface area contributed by atoms with Gasteiger partial charge in [-0.2, -0.15) is 4.73 Å². The molecule has 0 saturated heterocycles. The fourth-order valence-corrected chi connectivity index (χ4v) is 4.35. The number of hydrogen-bond acceptors (Lipinski definition) is 7. The molecule has 0 fully saturated rings. The number of phenolic OH excluding ortho intramolecular Hbond substituents is 1. The van der Waals surface area contributed by atoms with E-state index in [9.17, 15) is 10.3 Å². The van der Waals surface area contributed by atoms with E-state index in [1.54, 1.807) is 30.5 Å². The number of phenols is 1. The van der Waals surface area contributed by atoms with Gasteiger partial charge in [-0.25, -0.2) is 15.0 Å². The lowest BCUT2D eigenvalue weighted by Crippen LogP contribution is -2.00. The highest BCUT2D eigenvalue weighted by Crippen LogP contribution is 2.42. The number of imidazole rings is 1. The molecule has 0 amide bonds. The molecule has 2 heterocycles. The second kappa shape index (κ2) is 9.07. The lowest BCUT2D eigenvalue weighted by Gasteiger charge is -2.09. The maximum absolute atomic E-state index is 11.2. The minimum Gasteiger partial charge on any atom is -0.508 e. The number of rotatable bonds is 5. The number of aromatic nitrogens is 4. The summed E-state index contributed by atoms with van der Waals surface area (Å²) >= 11 is 20.2. The first-order valence-corrected chi connectivity index (χ1v) is 11.4. The van der Waals surface area contributed by atoms with Crippen LogP contribution in [-0.2, 0) is 0 Å². The molecule has 164 valence electrons. The summed E-state index contributed by atoms with van der Waals surface area (Å²) < 4.78 is 6.20. The van der Waals surface area contributed by atoms with Crippen LogP contribution in [0.25, 0.3) is 34.0 Å². The zero-order valence-electron chi connectivity index (χ0n) is 16.7. The number of nitrogens with zero attached hydrogens (tertiary/aromatic N) is 4. The van der Waals surface area contributed by atoms with Crippen LogP contribution >= 0.6 is 46.6 Å². The third kappa shape index (κ3) is 4.06. The van der Waals surface area contributed by atoms with Crippen LogP contribution in [0.15, 0.2) is 47.8 Å². The second-order valence-electron chi connectivity index (χ2n) is 6.51. The largest absolute Gasteiger partial charge is 0.508 e. The summed E-state index contributed by atoms with van der Waals surface area (Å²) in [5, 5.41) is 22.2. The van der Waals surface area contributed by atoms with E-state index in [1.165, 1.54) is 31.0 Å². The highest BCUT2D eigenvalue weighted by Gasteiger charge is 2.26. The zero-order valence-corrected chi connectivity index (χ0v) is 19.8. The van der Waals surface area contributed by atoms with E-state index >= 15 is 0 Å². The number of thioether (sulfide) groups is 1. The van der Waals surface area contributed by atoms with E-state index in [1.807, 2.05) is 6.26 Å². The Labute approximate surface area is 202 Å². The van der Waals surface area contributed by atoms with E-state index in [0.717, 1.165) is 4.73 Å². The van der Waals surface area contributed by atoms with Gasteiger partial charge in [0.15, 0.2) is 11.0 Å². The molecule has 0 saturated carbocycles. The number of aromatic hydroxyl groups is 1. The quantitative estimate of drug-likeness (QED) is 0.185. The lowest BCUT2D eigenvalue weighted by atomic mass is 10.1. The van der Waals surface area contributed by atoms with Crippen LogP contribution < -0.4 is 4.74 Å². The molecule has 2 aromatic heterocycles. The lowest BCUT2D eigenvalue weighted by molar-refractivity contribution is 0.195. The van der Waals surface area contributed by atoms with Crippen molar-refractivity contribution in [2.24, 2.45) is 0 Å². The molecule has 4 rings (SSSR count). The molecule has 0 aliphatic rings. The summed E-state index contributed by atoms with van der Waals surface area (Å²) in [6.07, 6.45) is 3.44. The van der Waals surface area contributed by atoms with Gasteiger partial charge in [0.1, 0.15) is 22.9 Å². The second-order valence-corrected chi connectivity index (χ2v) is 8.50. The Kier molecular flexibility index (Phi) is 6.39. The molecule has 11 heteroatoms. The van der Waals surface area contributed by atoms with Crippen molar-refractivity contribution in [1.29, 1.82) is 0 Å². The van der Waals surface area contributed by atoms with Gasteiger partial charge in [-0.15, -0.1) is 0 Å². The van der Waals surface area contributed by atoms with Crippen molar-refractivity contribution in [3.63, 3.8) is 0 Å². The van der Waals surface area contributed by atoms with Crippen LogP contribution in [0.4, 0.5) is 0 Å². The SMILES string of the molecule is COc1cc(-c2nc(-c3c(Cl)cc(O)cc3Cl)n(O)c2-c2ccnc(SC)n2)ccc1Cl. The maximum Gasteiger partial charge on any atom is 0.187 e. The monoisotopic (exact) mass is 508 g/mol. The van der Waals surface area contributed by atoms with Crippen LogP contribution in [-0.4, -0.2) is 43.4 Å². The predicted molar refractivity (Wildman–Crippen MR) is 126 cm³/mol. The first-order chi connectivity index (χ1) is 15.3. The van der Waals surface area contributed by atoms with Gasteiger partial charge in [-0.05, 0) is 36.6 Å². The molecule has 0 aliphatic heterocycles. The number of halogens is 3. The normalized spacial score (nSPS) is 11.0. The van der Waals surface area contributed by atoms with Crippen LogP contribution in [0.1, 0.15) is 0 Å². The van der Waals surface area contributed by atoms with Crippen molar-refractivity contribution >= 4 is 46.6 Å². The Bertz CT molecular complexity index is 1310. The van der Waals surface area contributed by atoms with Crippen LogP contribution in [0, 0.1) is 0 Å². The average Bonchev–Trinajstić information content (AvgIpc) is 3.10. The van der Waals surface area contributed by atoms with Crippen molar-refractivity contribution in [2.45, 2.75) is 5.16 Å². The summed E-state index contributed by atoms with van der Waals surface area (Å²) in [6.45, 7) is 0.